The first-order valence-corrected chi connectivity index (χ1v) is 8.83. The van der Waals surface area contributed by atoms with Gasteiger partial charge in [0.15, 0.2) is 0 Å². The molecular formula is C21H23N5O2. The van der Waals surface area contributed by atoms with Crippen molar-refractivity contribution < 1.29 is 9.53 Å². The Balaban J connectivity index is 1.59. The van der Waals surface area contributed by atoms with E-state index in [0.717, 1.165) is 17.0 Å². The Labute approximate surface area is 164 Å². The van der Waals surface area contributed by atoms with Crippen molar-refractivity contribution in [1.82, 2.24) is 9.97 Å². The van der Waals surface area contributed by atoms with Crippen LogP contribution in [0.3, 0.4) is 0 Å². The quantitative estimate of drug-likeness (QED) is 0.657. The number of carbonyl (C=O) groups is 1. The zero-order valence-electron chi connectivity index (χ0n) is 16.1. The second-order valence-electron chi connectivity index (χ2n) is 6.35. The molecule has 1 amide bonds. The fraction of sp³-hybridized carbons (Fsp3) is 0.190. The van der Waals surface area contributed by atoms with E-state index in [1.807, 2.05) is 67.5 Å². The minimum absolute atomic E-state index is 0.250. The third-order valence-corrected chi connectivity index (χ3v) is 4.18. The molecule has 0 saturated carbocycles. The van der Waals surface area contributed by atoms with Crippen LogP contribution in [0, 0.1) is 0 Å². The highest BCUT2D eigenvalue weighted by Gasteiger charge is 2.09. The van der Waals surface area contributed by atoms with E-state index < -0.39 is 0 Å². The molecule has 3 rings (SSSR count). The van der Waals surface area contributed by atoms with Gasteiger partial charge in [0.25, 0.3) is 5.91 Å². The normalized spacial score (nSPS) is 10.2. The summed E-state index contributed by atoms with van der Waals surface area (Å²) in [5, 5.41) is 6.00. The summed E-state index contributed by atoms with van der Waals surface area (Å²) < 4.78 is 5.33. The summed E-state index contributed by atoms with van der Waals surface area (Å²) in [4.78, 5) is 22.8. The van der Waals surface area contributed by atoms with E-state index in [4.69, 9.17) is 4.74 Å². The molecule has 1 heterocycles. The second-order valence-corrected chi connectivity index (χ2v) is 6.35. The molecule has 0 aliphatic heterocycles. The molecule has 0 bridgehead atoms. The third-order valence-electron chi connectivity index (χ3n) is 4.18. The molecule has 0 radical (unpaired) electrons. The van der Waals surface area contributed by atoms with Gasteiger partial charge in [-0.25, -0.2) is 9.97 Å². The van der Waals surface area contributed by atoms with E-state index in [1.54, 1.807) is 13.3 Å². The van der Waals surface area contributed by atoms with Crippen molar-refractivity contribution in [1.29, 1.82) is 0 Å². The van der Waals surface area contributed by atoms with E-state index in [9.17, 15) is 4.79 Å². The summed E-state index contributed by atoms with van der Waals surface area (Å²) in [7, 11) is 5.57. The molecule has 3 aromatic rings. The van der Waals surface area contributed by atoms with Crippen LogP contribution in [0.4, 0.5) is 17.2 Å². The number of methoxy groups -OCH3 is 1. The Kier molecular flexibility index (Phi) is 6.06. The van der Waals surface area contributed by atoms with E-state index in [1.165, 1.54) is 6.20 Å². The largest absolute Gasteiger partial charge is 0.496 e. The first kappa shape index (κ1) is 19.2. The summed E-state index contributed by atoms with van der Waals surface area (Å²) >= 11 is 0. The number of rotatable bonds is 7. The Morgan fingerprint density at radius 2 is 1.79 bits per heavy atom. The minimum atomic E-state index is -0.304. The standard InChI is InChI=1S/C21H23N5O2/c1-26(2)17-10-8-16(9-11-17)25-21(27)18-13-24-20(14-22-18)23-12-15-6-4-5-7-19(15)28-3/h4-11,13-14H,12H2,1-3H3,(H,23,24)(H,25,27). The van der Waals surface area contributed by atoms with Crippen LogP contribution >= 0.6 is 0 Å². The average molecular weight is 377 g/mol. The van der Waals surface area contributed by atoms with Gasteiger partial charge in [-0.2, -0.15) is 0 Å². The molecule has 28 heavy (non-hydrogen) atoms. The molecule has 2 aromatic carbocycles. The van der Waals surface area contributed by atoms with Gasteiger partial charge in [-0.1, -0.05) is 18.2 Å². The van der Waals surface area contributed by atoms with E-state index in [2.05, 4.69) is 20.6 Å². The molecule has 0 saturated heterocycles. The number of amides is 1. The van der Waals surface area contributed by atoms with Crippen LogP contribution < -0.4 is 20.3 Å². The Morgan fingerprint density at radius 3 is 2.43 bits per heavy atom. The summed E-state index contributed by atoms with van der Waals surface area (Å²) in [6.07, 6.45) is 2.99. The van der Waals surface area contributed by atoms with Gasteiger partial charge in [0.05, 0.1) is 19.5 Å². The molecule has 1 aromatic heterocycles. The van der Waals surface area contributed by atoms with Crippen molar-refractivity contribution in [2.75, 3.05) is 36.7 Å². The number of benzene rings is 2. The molecule has 7 nitrogen and oxygen atoms in total. The number of carbonyl (C=O) groups excluding carboxylic acids is 1. The van der Waals surface area contributed by atoms with Crippen molar-refractivity contribution in [2.45, 2.75) is 6.54 Å². The van der Waals surface area contributed by atoms with Gasteiger partial charge in [-0.3, -0.25) is 4.79 Å². The van der Waals surface area contributed by atoms with Crippen molar-refractivity contribution in [2.24, 2.45) is 0 Å². The number of hydrogen-bond donors (Lipinski definition) is 2. The van der Waals surface area contributed by atoms with Gasteiger partial charge in [-0.15, -0.1) is 0 Å². The van der Waals surface area contributed by atoms with Crippen molar-refractivity contribution in [3.63, 3.8) is 0 Å². The summed E-state index contributed by atoms with van der Waals surface area (Å²) in [5.74, 6) is 1.08. The number of para-hydroxylation sites is 1. The predicted octanol–water partition coefficient (Wildman–Crippen LogP) is 3.42. The zero-order chi connectivity index (χ0) is 19.9. The molecule has 0 fully saturated rings. The molecule has 2 N–H and O–H groups in total. The molecule has 0 aliphatic carbocycles. The monoisotopic (exact) mass is 377 g/mol. The fourth-order valence-electron chi connectivity index (χ4n) is 2.61. The Bertz CT molecular complexity index is 924. The highest BCUT2D eigenvalue weighted by molar-refractivity contribution is 6.02. The number of ether oxygens (including phenoxy) is 1. The van der Waals surface area contributed by atoms with Crippen LogP contribution in [0.2, 0.25) is 0 Å². The van der Waals surface area contributed by atoms with Gasteiger partial charge in [0.1, 0.15) is 17.3 Å². The van der Waals surface area contributed by atoms with Gasteiger partial charge in [0, 0.05) is 37.6 Å². The lowest BCUT2D eigenvalue weighted by atomic mass is 10.2. The van der Waals surface area contributed by atoms with Crippen LogP contribution in [0.15, 0.2) is 60.9 Å². The molecule has 0 unspecified atom stereocenters. The maximum atomic E-state index is 12.3. The van der Waals surface area contributed by atoms with Crippen molar-refractivity contribution in [3.8, 4) is 5.75 Å². The molecule has 0 aliphatic rings. The topological polar surface area (TPSA) is 79.4 Å². The number of aromatic nitrogens is 2. The van der Waals surface area contributed by atoms with Crippen LogP contribution in [0.1, 0.15) is 16.1 Å². The Hall–Kier alpha value is -3.61. The van der Waals surface area contributed by atoms with Gasteiger partial charge >= 0.3 is 0 Å². The lowest BCUT2D eigenvalue weighted by Crippen LogP contribution is -2.15. The maximum absolute atomic E-state index is 12.3. The minimum Gasteiger partial charge on any atom is -0.496 e. The van der Waals surface area contributed by atoms with Gasteiger partial charge < -0.3 is 20.3 Å². The van der Waals surface area contributed by atoms with Crippen molar-refractivity contribution in [3.05, 3.63) is 72.2 Å². The predicted molar refractivity (Wildman–Crippen MR) is 111 cm³/mol. The first-order chi connectivity index (χ1) is 13.6. The highest BCUT2D eigenvalue weighted by atomic mass is 16.5. The maximum Gasteiger partial charge on any atom is 0.275 e. The lowest BCUT2D eigenvalue weighted by Gasteiger charge is -2.13. The van der Waals surface area contributed by atoms with E-state index in [0.29, 0.717) is 18.1 Å². The molecule has 7 heteroatoms. The number of anilines is 3. The van der Waals surface area contributed by atoms with Gasteiger partial charge in [-0.05, 0) is 30.3 Å². The smallest absolute Gasteiger partial charge is 0.275 e. The van der Waals surface area contributed by atoms with E-state index >= 15 is 0 Å². The van der Waals surface area contributed by atoms with Gasteiger partial charge in [0.2, 0.25) is 0 Å². The highest BCUT2D eigenvalue weighted by Crippen LogP contribution is 2.19. The van der Waals surface area contributed by atoms with Crippen LogP contribution in [-0.2, 0) is 6.54 Å². The SMILES string of the molecule is COc1ccccc1CNc1cnc(C(=O)Nc2ccc(N(C)C)cc2)cn1. The first-order valence-electron chi connectivity index (χ1n) is 8.83. The van der Waals surface area contributed by atoms with Crippen LogP contribution in [0.5, 0.6) is 5.75 Å². The van der Waals surface area contributed by atoms with E-state index in [-0.39, 0.29) is 11.6 Å². The second kappa shape index (κ2) is 8.85. The summed E-state index contributed by atoms with van der Waals surface area (Å²) in [5.41, 5.74) is 3.02. The Morgan fingerprint density at radius 1 is 1.04 bits per heavy atom. The number of nitrogens with one attached hydrogen (secondary N) is 2. The van der Waals surface area contributed by atoms with Crippen LogP contribution in [-0.4, -0.2) is 37.1 Å². The third kappa shape index (κ3) is 4.76. The molecular weight excluding hydrogens is 354 g/mol. The number of hydrogen-bond acceptors (Lipinski definition) is 6. The fourth-order valence-corrected chi connectivity index (χ4v) is 2.61. The lowest BCUT2D eigenvalue weighted by molar-refractivity contribution is 0.102. The summed E-state index contributed by atoms with van der Waals surface area (Å²) in [6, 6.07) is 15.3. The molecule has 144 valence electrons. The summed E-state index contributed by atoms with van der Waals surface area (Å²) in [6.45, 7) is 0.544. The zero-order valence-corrected chi connectivity index (χ0v) is 16.1. The average Bonchev–Trinajstić information content (AvgIpc) is 2.73. The molecule has 0 spiro atoms. The van der Waals surface area contributed by atoms with Crippen molar-refractivity contribution >= 4 is 23.1 Å². The number of nitrogens with zero attached hydrogens (tertiary/aromatic N) is 3. The van der Waals surface area contributed by atoms with Crippen LogP contribution in [0.25, 0.3) is 0 Å². The molecule has 0 atom stereocenters.